The van der Waals surface area contributed by atoms with E-state index in [1.165, 1.54) is 6.92 Å². The van der Waals surface area contributed by atoms with Gasteiger partial charge in [0.05, 0.1) is 39.6 Å². The smallest absolute Gasteiger partial charge is 0.222 e. The summed E-state index contributed by atoms with van der Waals surface area (Å²) < 4.78 is 5.56. The van der Waals surface area contributed by atoms with Crippen molar-refractivity contribution in [1.29, 1.82) is 0 Å². The van der Waals surface area contributed by atoms with Crippen LogP contribution < -0.4 is 10.1 Å². The number of carbonyl (C=O) groups is 1. The summed E-state index contributed by atoms with van der Waals surface area (Å²) in [5, 5.41) is 3.24. The number of hydrogen-bond acceptors (Lipinski definition) is 5. The fourth-order valence-corrected chi connectivity index (χ4v) is 3.29. The molecule has 4 rings (SSSR count). The zero-order chi connectivity index (χ0) is 20.4. The molecule has 4 aromatic rings. The normalized spacial score (nSPS) is 10.9. The average molecular weight is 408 g/mol. The lowest BCUT2D eigenvalue weighted by Crippen LogP contribution is -2.07. The first-order chi connectivity index (χ1) is 14.0. The topological polar surface area (TPSA) is 92.8 Å². The Hall–Kier alpha value is -3.45. The molecule has 29 heavy (non-hydrogen) atoms. The van der Waals surface area contributed by atoms with Crippen molar-refractivity contribution in [2.75, 3.05) is 11.9 Å². The number of halogens is 1. The van der Waals surface area contributed by atoms with Crippen molar-refractivity contribution >= 4 is 34.4 Å². The van der Waals surface area contributed by atoms with Gasteiger partial charge in [0.15, 0.2) is 0 Å². The highest BCUT2D eigenvalue weighted by Gasteiger charge is 2.19. The van der Waals surface area contributed by atoms with Gasteiger partial charge in [0.1, 0.15) is 5.82 Å². The number of ether oxygens (including phenoxy) is 1. The maximum Gasteiger partial charge on any atom is 0.222 e. The highest BCUT2D eigenvalue weighted by Crippen LogP contribution is 2.38. The monoisotopic (exact) mass is 407 g/mol. The van der Waals surface area contributed by atoms with Crippen molar-refractivity contribution in [3.63, 3.8) is 0 Å². The first-order valence-electron chi connectivity index (χ1n) is 9.06. The Bertz CT molecular complexity index is 1200. The Kier molecular flexibility index (Phi) is 5.14. The molecule has 0 spiro atoms. The van der Waals surface area contributed by atoms with Gasteiger partial charge >= 0.3 is 0 Å². The van der Waals surface area contributed by atoms with E-state index in [-0.39, 0.29) is 5.91 Å². The van der Waals surface area contributed by atoms with Crippen molar-refractivity contribution in [3.05, 3.63) is 53.8 Å². The van der Waals surface area contributed by atoms with Crippen LogP contribution in [0.3, 0.4) is 0 Å². The summed E-state index contributed by atoms with van der Waals surface area (Å²) in [6.45, 7) is 3.88. The minimum Gasteiger partial charge on any atom is -0.478 e. The quantitative estimate of drug-likeness (QED) is 0.500. The number of hydrogen-bond donors (Lipinski definition) is 2. The number of amides is 1. The third-order valence-corrected chi connectivity index (χ3v) is 4.43. The van der Waals surface area contributed by atoms with Crippen molar-refractivity contribution in [2.45, 2.75) is 13.8 Å². The second kappa shape index (κ2) is 7.89. The first kappa shape index (κ1) is 18.9. The first-order valence-corrected chi connectivity index (χ1v) is 9.44. The minimum absolute atomic E-state index is 0.189. The second-order valence-electron chi connectivity index (χ2n) is 6.33. The summed E-state index contributed by atoms with van der Waals surface area (Å²) in [5.41, 5.74) is 4.68. The van der Waals surface area contributed by atoms with Gasteiger partial charge in [-0.25, -0.2) is 9.97 Å². The average Bonchev–Trinajstić information content (AvgIpc) is 3.07. The summed E-state index contributed by atoms with van der Waals surface area (Å²) in [5.74, 6) is 0.806. The van der Waals surface area contributed by atoms with E-state index in [1.807, 2.05) is 37.3 Å². The zero-order valence-electron chi connectivity index (χ0n) is 15.9. The van der Waals surface area contributed by atoms with Gasteiger partial charge in [-0.05, 0) is 31.2 Å². The predicted octanol–water partition coefficient (Wildman–Crippen LogP) is 4.70. The molecular formula is C21H18ClN5O2. The van der Waals surface area contributed by atoms with E-state index >= 15 is 0 Å². The number of nitrogens with zero attached hydrogens (tertiary/aromatic N) is 3. The number of anilines is 1. The molecule has 0 aliphatic rings. The standard InChI is InChI=1S/C21H18ClN5O2/c1-3-29-18-6-4-5-15(26-18)19-20(27-16-10-14(22)11-24-21(16)19)13-7-8-23-17(9-13)25-12(2)28/h4-11,27H,3H2,1-2H3,(H,23,25,28). The van der Waals surface area contributed by atoms with Gasteiger partial charge in [0, 0.05) is 30.9 Å². The third kappa shape index (κ3) is 3.90. The van der Waals surface area contributed by atoms with Crippen LogP contribution in [0.25, 0.3) is 33.5 Å². The minimum atomic E-state index is -0.189. The Morgan fingerprint density at radius 1 is 1.24 bits per heavy atom. The van der Waals surface area contributed by atoms with Crippen LogP contribution >= 0.6 is 11.6 Å². The van der Waals surface area contributed by atoms with Gasteiger partial charge in [0.2, 0.25) is 11.8 Å². The number of fused-ring (bicyclic) bond motifs is 1. The van der Waals surface area contributed by atoms with E-state index in [1.54, 1.807) is 18.5 Å². The molecule has 0 unspecified atom stereocenters. The molecule has 0 saturated heterocycles. The number of carbonyl (C=O) groups excluding carboxylic acids is 1. The van der Waals surface area contributed by atoms with Gasteiger partial charge < -0.3 is 15.0 Å². The highest BCUT2D eigenvalue weighted by atomic mass is 35.5. The summed E-state index contributed by atoms with van der Waals surface area (Å²) in [6, 6.07) is 11.1. The Morgan fingerprint density at radius 2 is 2.10 bits per heavy atom. The molecule has 2 N–H and O–H groups in total. The Labute approximate surface area is 172 Å². The zero-order valence-corrected chi connectivity index (χ0v) is 16.6. The summed E-state index contributed by atoms with van der Waals surface area (Å²) >= 11 is 6.15. The number of aromatic nitrogens is 4. The van der Waals surface area contributed by atoms with Gasteiger partial charge in [-0.15, -0.1) is 0 Å². The molecule has 0 radical (unpaired) electrons. The molecule has 0 saturated carbocycles. The molecule has 4 heterocycles. The number of aromatic amines is 1. The van der Waals surface area contributed by atoms with E-state index in [2.05, 4.69) is 25.3 Å². The lowest BCUT2D eigenvalue weighted by molar-refractivity contribution is -0.114. The lowest BCUT2D eigenvalue weighted by Gasteiger charge is -2.08. The number of rotatable bonds is 5. The van der Waals surface area contributed by atoms with Crippen LogP contribution in [-0.2, 0) is 4.79 Å². The molecule has 0 fully saturated rings. The molecule has 0 aliphatic heterocycles. The van der Waals surface area contributed by atoms with Gasteiger partial charge in [-0.1, -0.05) is 17.7 Å². The van der Waals surface area contributed by atoms with E-state index in [0.717, 1.165) is 27.9 Å². The molecule has 0 aromatic carbocycles. The molecule has 0 atom stereocenters. The van der Waals surface area contributed by atoms with Crippen LogP contribution in [-0.4, -0.2) is 32.4 Å². The molecule has 4 aromatic heterocycles. The third-order valence-electron chi connectivity index (χ3n) is 4.23. The largest absolute Gasteiger partial charge is 0.478 e. The van der Waals surface area contributed by atoms with Crippen molar-refractivity contribution in [2.24, 2.45) is 0 Å². The van der Waals surface area contributed by atoms with Crippen molar-refractivity contribution < 1.29 is 9.53 Å². The number of nitrogens with one attached hydrogen (secondary N) is 2. The van der Waals surface area contributed by atoms with Crippen LogP contribution in [0.5, 0.6) is 5.88 Å². The molecular weight excluding hydrogens is 390 g/mol. The van der Waals surface area contributed by atoms with Crippen LogP contribution in [0.4, 0.5) is 5.82 Å². The maximum atomic E-state index is 11.4. The SMILES string of the molecule is CCOc1cccc(-c2c(-c3ccnc(NC(C)=O)c3)[nH]c3cc(Cl)cnc23)n1. The fourth-order valence-electron chi connectivity index (χ4n) is 3.13. The van der Waals surface area contributed by atoms with E-state index in [4.69, 9.17) is 16.3 Å². The number of H-pyrrole nitrogens is 1. The summed E-state index contributed by atoms with van der Waals surface area (Å²) in [6.07, 6.45) is 3.24. The Morgan fingerprint density at radius 3 is 2.90 bits per heavy atom. The maximum absolute atomic E-state index is 11.4. The molecule has 0 aliphatic carbocycles. The molecule has 7 nitrogen and oxygen atoms in total. The van der Waals surface area contributed by atoms with Gasteiger partial charge in [0.25, 0.3) is 0 Å². The van der Waals surface area contributed by atoms with E-state index in [0.29, 0.717) is 29.0 Å². The summed E-state index contributed by atoms with van der Waals surface area (Å²) in [7, 11) is 0. The van der Waals surface area contributed by atoms with Crippen molar-refractivity contribution in [3.8, 4) is 28.4 Å². The van der Waals surface area contributed by atoms with Crippen molar-refractivity contribution in [1.82, 2.24) is 19.9 Å². The van der Waals surface area contributed by atoms with Crippen LogP contribution in [0, 0.1) is 0 Å². The van der Waals surface area contributed by atoms with Gasteiger partial charge in [-0.3, -0.25) is 9.78 Å². The van der Waals surface area contributed by atoms with Crippen LogP contribution in [0.15, 0.2) is 48.8 Å². The molecule has 0 bridgehead atoms. The van der Waals surface area contributed by atoms with E-state index in [9.17, 15) is 4.79 Å². The highest BCUT2D eigenvalue weighted by molar-refractivity contribution is 6.31. The molecule has 1 amide bonds. The fraction of sp³-hybridized carbons (Fsp3) is 0.143. The summed E-state index contributed by atoms with van der Waals surface area (Å²) in [4.78, 5) is 28.2. The van der Waals surface area contributed by atoms with Gasteiger partial charge in [-0.2, -0.15) is 0 Å². The molecule has 8 heteroatoms. The molecule has 146 valence electrons. The second-order valence-corrected chi connectivity index (χ2v) is 6.77. The van der Waals surface area contributed by atoms with Crippen LogP contribution in [0.2, 0.25) is 5.02 Å². The lowest BCUT2D eigenvalue weighted by atomic mass is 10.0. The Balaban J connectivity index is 1.94. The number of pyridine rings is 3. The predicted molar refractivity (Wildman–Crippen MR) is 113 cm³/mol. The van der Waals surface area contributed by atoms with Crippen LogP contribution in [0.1, 0.15) is 13.8 Å². The van der Waals surface area contributed by atoms with E-state index < -0.39 is 0 Å².